The van der Waals surface area contributed by atoms with Gasteiger partial charge < -0.3 is 4.74 Å². The monoisotopic (exact) mass is 298 g/mol. The molecule has 1 nitrogen and oxygen atoms in total. The molecule has 0 saturated carbocycles. The van der Waals surface area contributed by atoms with Crippen molar-refractivity contribution in [1.29, 1.82) is 0 Å². The van der Waals surface area contributed by atoms with Crippen molar-refractivity contribution in [3.63, 3.8) is 0 Å². The second-order valence-electron chi connectivity index (χ2n) is 4.82. The van der Waals surface area contributed by atoms with Crippen molar-refractivity contribution in [2.45, 2.75) is 77.3 Å². The fourth-order valence-corrected chi connectivity index (χ4v) is 1.92. The lowest BCUT2D eigenvalue weighted by Crippen LogP contribution is -2.23. The van der Waals surface area contributed by atoms with E-state index in [1.54, 1.807) is 0 Å². The van der Waals surface area contributed by atoms with E-state index in [2.05, 4.69) is 23.9 Å². The number of ether oxygens (including phenoxy) is 1. The molecule has 0 heterocycles. The molecule has 0 aliphatic heterocycles. The summed E-state index contributed by atoms with van der Waals surface area (Å²) in [5.74, 6) is 0. The summed E-state index contributed by atoms with van der Waals surface area (Å²) >= 11 is 4.11. The average molecular weight is 298 g/mol. The predicted octanol–water partition coefficient (Wildman–Crippen LogP) is 5.81. The second kappa shape index (κ2) is 11.5. The third-order valence-corrected chi connectivity index (χ3v) is 3.31. The van der Waals surface area contributed by atoms with Crippen LogP contribution in [0.3, 0.4) is 0 Å². The predicted molar refractivity (Wildman–Crippen MR) is 76.4 cm³/mol. The number of rotatable bonds is 11. The molecule has 0 aliphatic carbocycles. The van der Waals surface area contributed by atoms with Crippen LogP contribution in [0.1, 0.15) is 71.1 Å². The summed E-state index contributed by atoms with van der Waals surface area (Å²) in [4.78, 5) is 0. The summed E-state index contributed by atoms with van der Waals surface area (Å²) in [6.07, 6.45) is 6.99. The summed E-state index contributed by atoms with van der Waals surface area (Å²) in [6.45, 7) is 2.28. The van der Waals surface area contributed by atoms with Gasteiger partial charge >= 0.3 is 6.18 Å². The maximum Gasteiger partial charge on any atom is 0.460 e. The quantitative estimate of drug-likeness (QED) is 0.351. The van der Waals surface area contributed by atoms with E-state index < -0.39 is 11.2 Å². The van der Waals surface area contributed by atoms with Crippen LogP contribution < -0.4 is 0 Å². The van der Waals surface area contributed by atoms with E-state index in [1.165, 1.54) is 38.5 Å². The fraction of sp³-hybridized carbons (Fsp3) is 0.929. The number of alkyl halides is 3. The average Bonchev–Trinajstić information content (AvgIpc) is 2.34. The number of halogens is 3. The van der Waals surface area contributed by atoms with Crippen LogP contribution >= 0.6 is 12.2 Å². The van der Waals surface area contributed by atoms with Crippen LogP contribution in [0, 0.1) is 0 Å². The largest absolute Gasteiger partial charge is 0.480 e. The van der Waals surface area contributed by atoms with Crippen molar-refractivity contribution in [1.82, 2.24) is 0 Å². The standard InChI is InChI=1S/C14H25F3OS/c1-2-3-4-5-6-7-8-9-10-11-12-18-13(19)14(15,16)17/h2-12H2,1H3. The molecule has 114 valence electrons. The third-order valence-electron chi connectivity index (χ3n) is 2.96. The molecular weight excluding hydrogens is 273 g/mol. The molecule has 0 aromatic rings. The molecule has 0 aromatic carbocycles. The molecule has 0 atom stereocenters. The van der Waals surface area contributed by atoms with Crippen molar-refractivity contribution in [3.8, 4) is 0 Å². The van der Waals surface area contributed by atoms with Crippen molar-refractivity contribution < 1.29 is 17.9 Å². The van der Waals surface area contributed by atoms with Crippen LogP contribution in [0.15, 0.2) is 0 Å². The van der Waals surface area contributed by atoms with Gasteiger partial charge in [0.05, 0.1) is 6.61 Å². The summed E-state index contributed by atoms with van der Waals surface area (Å²) in [5, 5.41) is -1.25. The zero-order chi connectivity index (χ0) is 14.6. The molecule has 0 saturated heterocycles. The summed E-state index contributed by atoms with van der Waals surface area (Å²) in [6, 6.07) is 0. The topological polar surface area (TPSA) is 9.23 Å². The third kappa shape index (κ3) is 12.5. The number of hydrogen-bond donors (Lipinski definition) is 0. The first-order valence-corrected chi connectivity index (χ1v) is 7.63. The Kier molecular flexibility index (Phi) is 11.3. The normalized spacial score (nSPS) is 11.6. The van der Waals surface area contributed by atoms with Gasteiger partial charge in [-0.3, -0.25) is 0 Å². The molecule has 5 heteroatoms. The van der Waals surface area contributed by atoms with Gasteiger partial charge in [0.15, 0.2) is 0 Å². The van der Waals surface area contributed by atoms with Gasteiger partial charge in [0, 0.05) is 0 Å². The van der Waals surface area contributed by atoms with E-state index in [9.17, 15) is 13.2 Å². The molecular formula is C14H25F3OS. The molecule has 0 N–H and O–H groups in total. The van der Waals surface area contributed by atoms with Crippen LogP contribution in [0.4, 0.5) is 13.2 Å². The highest BCUT2D eigenvalue weighted by molar-refractivity contribution is 7.80. The highest BCUT2D eigenvalue weighted by atomic mass is 32.1. The molecule has 0 radical (unpaired) electrons. The Bertz CT molecular complexity index is 229. The Balaban J connectivity index is 3.17. The minimum Gasteiger partial charge on any atom is -0.480 e. The first-order valence-electron chi connectivity index (χ1n) is 7.22. The lowest BCUT2D eigenvalue weighted by Gasteiger charge is -2.09. The zero-order valence-electron chi connectivity index (χ0n) is 11.7. The van der Waals surface area contributed by atoms with E-state index in [1.807, 2.05) is 0 Å². The number of unbranched alkanes of at least 4 members (excludes halogenated alkanes) is 9. The molecule has 0 bridgehead atoms. The van der Waals surface area contributed by atoms with Crippen LogP contribution in [0.25, 0.3) is 0 Å². The van der Waals surface area contributed by atoms with Gasteiger partial charge in [0.2, 0.25) is 0 Å². The van der Waals surface area contributed by atoms with Gasteiger partial charge in [-0.1, -0.05) is 64.7 Å². The molecule has 0 unspecified atom stereocenters. The van der Waals surface area contributed by atoms with E-state index in [-0.39, 0.29) is 6.61 Å². The molecule has 0 aliphatic rings. The van der Waals surface area contributed by atoms with E-state index in [4.69, 9.17) is 0 Å². The first-order chi connectivity index (χ1) is 8.98. The summed E-state index contributed by atoms with van der Waals surface area (Å²) in [7, 11) is 0. The molecule has 0 fully saturated rings. The smallest absolute Gasteiger partial charge is 0.460 e. The van der Waals surface area contributed by atoms with E-state index >= 15 is 0 Å². The molecule has 0 amide bonds. The van der Waals surface area contributed by atoms with Crippen LogP contribution in [-0.4, -0.2) is 17.8 Å². The lowest BCUT2D eigenvalue weighted by atomic mass is 10.1. The van der Waals surface area contributed by atoms with Gasteiger partial charge in [0.25, 0.3) is 5.05 Å². The Morgan fingerprint density at radius 3 is 1.68 bits per heavy atom. The Hall–Kier alpha value is -0.320. The minimum atomic E-state index is -4.49. The maximum absolute atomic E-state index is 12.0. The van der Waals surface area contributed by atoms with Crippen molar-refractivity contribution >= 4 is 17.3 Å². The maximum atomic E-state index is 12.0. The summed E-state index contributed by atoms with van der Waals surface area (Å²) < 4.78 is 40.4. The van der Waals surface area contributed by atoms with Crippen LogP contribution in [0.5, 0.6) is 0 Å². The zero-order valence-corrected chi connectivity index (χ0v) is 12.5. The van der Waals surface area contributed by atoms with E-state index in [0.717, 1.165) is 19.3 Å². The van der Waals surface area contributed by atoms with Crippen molar-refractivity contribution in [3.05, 3.63) is 0 Å². The molecule has 0 rings (SSSR count). The van der Waals surface area contributed by atoms with Gasteiger partial charge in [0.1, 0.15) is 0 Å². The van der Waals surface area contributed by atoms with Gasteiger partial charge in [-0.05, 0) is 18.6 Å². The molecule has 19 heavy (non-hydrogen) atoms. The van der Waals surface area contributed by atoms with Crippen LogP contribution in [0.2, 0.25) is 0 Å². The second-order valence-corrected chi connectivity index (χ2v) is 5.19. The summed E-state index contributed by atoms with van der Waals surface area (Å²) in [5.41, 5.74) is 0. The van der Waals surface area contributed by atoms with Crippen LogP contribution in [-0.2, 0) is 4.74 Å². The first kappa shape index (κ1) is 18.7. The number of thiocarbonyl (C=S) groups is 1. The Morgan fingerprint density at radius 1 is 0.842 bits per heavy atom. The number of hydrogen-bond acceptors (Lipinski definition) is 2. The minimum absolute atomic E-state index is 0.0782. The van der Waals surface area contributed by atoms with Gasteiger partial charge in [-0.2, -0.15) is 13.2 Å². The van der Waals surface area contributed by atoms with Crippen molar-refractivity contribution in [2.75, 3.05) is 6.61 Å². The molecule has 0 spiro atoms. The highest BCUT2D eigenvalue weighted by Crippen LogP contribution is 2.18. The van der Waals surface area contributed by atoms with E-state index in [0.29, 0.717) is 6.42 Å². The SMILES string of the molecule is CCCCCCCCCCCCOC(=S)C(F)(F)F. The fourth-order valence-electron chi connectivity index (χ4n) is 1.84. The Labute approximate surface area is 119 Å². The van der Waals surface area contributed by atoms with Gasteiger partial charge in [-0.25, -0.2) is 0 Å². The Morgan fingerprint density at radius 2 is 1.26 bits per heavy atom. The molecule has 0 aromatic heterocycles. The van der Waals surface area contributed by atoms with Gasteiger partial charge in [-0.15, -0.1) is 0 Å². The highest BCUT2D eigenvalue weighted by Gasteiger charge is 2.36. The van der Waals surface area contributed by atoms with Crippen molar-refractivity contribution in [2.24, 2.45) is 0 Å². The lowest BCUT2D eigenvalue weighted by molar-refractivity contribution is -0.0746.